The highest BCUT2D eigenvalue weighted by atomic mass is 35.5. The number of nitrogens with one attached hydrogen (secondary N) is 2. The molecular formula is C26H35ClN2O2. The maximum Gasteiger partial charge on any atom is 0.219 e. The van der Waals surface area contributed by atoms with Crippen LogP contribution in [0.4, 0.5) is 0 Å². The molecule has 1 heterocycles. The Bertz CT molecular complexity index is 879. The van der Waals surface area contributed by atoms with Gasteiger partial charge in [0, 0.05) is 36.0 Å². The van der Waals surface area contributed by atoms with Crippen LogP contribution in [0.2, 0.25) is 5.02 Å². The van der Waals surface area contributed by atoms with Crippen molar-refractivity contribution >= 4 is 17.5 Å². The van der Waals surface area contributed by atoms with E-state index < -0.39 is 5.60 Å². The quantitative estimate of drug-likeness (QED) is 0.475. The Morgan fingerprint density at radius 2 is 2.06 bits per heavy atom. The summed E-state index contributed by atoms with van der Waals surface area (Å²) in [7, 11) is 0. The second-order valence-electron chi connectivity index (χ2n) is 8.49. The average Bonchev–Trinajstić information content (AvgIpc) is 2.81. The average molecular weight is 443 g/mol. The zero-order valence-corrected chi connectivity index (χ0v) is 19.5. The summed E-state index contributed by atoms with van der Waals surface area (Å²) in [6.07, 6.45) is 4.71. The first-order chi connectivity index (χ1) is 15.0. The third kappa shape index (κ3) is 5.68. The lowest BCUT2D eigenvalue weighted by molar-refractivity contribution is -0.120. The third-order valence-corrected chi connectivity index (χ3v) is 6.77. The first-order valence-electron chi connectivity index (χ1n) is 11.6. The number of aryl methyl sites for hydroxylation is 1. The van der Waals surface area contributed by atoms with Crippen LogP contribution in [0.3, 0.4) is 0 Å². The summed E-state index contributed by atoms with van der Waals surface area (Å²) >= 11 is 6.74. The fourth-order valence-corrected chi connectivity index (χ4v) is 4.94. The van der Waals surface area contributed by atoms with E-state index in [9.17, 15) is 9.90 Å². The molecule has 3 N–H and O–H groups in total. The van der Waals surface area contributed by atoms with Crippen molar-refractivity contribution in [3.63, 3.8) is 0 Å². The number of halogens is 1. The van der Waals surface area contributed by atoms with Crippen molar-refractivity contribution < 1.29 is 9.90 Å². The Balaban J connectivity index is 2.00. The number of carbonyl (C=O) groups excluding carboxylic acids is 1. The molecule has 3 rings (SSSR count). The van der Waals surface area contributed by atoms with E-state index in [2.05, 4.69) is 41.8 Å². The monoisotopic (exact) mass is 442 g/mol. The lowest BCUT2D eigenvalue weighted by Gasteiger charge is -2.40. The Hall–Kier alpha value is -1.88. The Labute approximate surface area is 191 Å². The first-order valence-corrected chi connectivity index (χ1v) is 12.0. The highest BCUT2D eigenvalue weighted by molar-refractivity contribution is 6.33. The topological polar surface area (TPSA) is 61.4 Å². The Kier molecular flexibility index (Phi) is 8.53. The van der Waals surface area contributed by atoms with E-state index in [-0.39, 0.29) is 11.8 Å². The van der Waals surface area contributed by atoms with Crippen LogP contribution >= 0.6 is 11.6 Å². The molecule has 0 aliphatic carbocycles. The molecule has 1 fully saturated rings. The summed E-state index contributed by atoms with van der Waals surface area (Å²) in [6.45, 7) is 6.32. The van der Waals surface area contributed by atoms with Crippen LogP contribution in [0.15, 0.2) is 42.5 Å². The van der Waals surface area contributed by atoms with Gasteiger partial charge in [0.15, 0.2) is 0 Å². The molecule has 1 aliphatic heterocycles. The molecule has 0 spiro atoms. The van der Waals surface area contributed by atoms with Gasteiger partial charge in [-0.3, -0.25) is 4.79 Å². The van der Waals surface area contributed by atoms with Crippen LogP contribution in [0.25, 0.3) is 11.1 Å². The molecule has 5 heteroatoms. The first kappa shape index (κ1) is 23.8. The molecule has 0 aromatic heterocycles. The van der Waals surface area contributed by atoms with Gasteiger partial charge < -0.3 is 15.7 Å². The molecule has 1 aliphatic rings. The summed E-state index contributed by atoms with van der Waals surface area (Å²) < 4.78 is 0. The Morgan fingerprint density at radius 3 is 2.77 bits per heavy atom. The molecular weight excluding hydrogens is 408 g/mol. The standard InChI is InChI=1S/C26H35ClN2O2/c1-3-19-9-5-10-20(17-19)25-22(12-6-13-23(25)27)26(31,21-11-7-15-28-18-21)14-8-16-29-24(30)4-2/h5-6,9-10,12-13,17,21,28,31H,3-4,7-8,11,14-16,18H2,1-2H3,(H,29,30). The SMILES string of the molecule is CCC(=O)NCCCC(O)(c1cccc(Cl)c1-c1cccc(CC)c1)C1CCCNC1. The molecule has 1 saturated heterocycles. The van der Waals surface area contributed by atoms with Crippen LogP contribution in [-0.2, 0) is 16.8 Å². The van der Waals surface area contributed by atoms with Crippen molar-refractivity contribution in [2.45, 2.75) is 58.0 Å². The van der Waals surface area contributed by atoms with Crippen LogP contribution in [-0.4, -0.2) is 30.6 Å². The molecule has 31 heavy (non-hydrogen) atoms. The van der Waals surface area contributed by atoms with Gasteiger partial charge in [-0.1, -0.05) is 61.8 Å². The van der Waals surface area contributed by atoms with Gasteiger partial charge in [-0.25, -0.2) is 0 Å². The van der Waals surface area contributed by atoms with Gasteiger partial charge in [0.25, 0.3) is 0 Å². The number of carbonyl (C=O) groups is 1. The van der Waals surface area contributed by atoms with Gasteiger partial charge in [-0.2, -0.15) is 0 Å². The minimum Gasteiger partial charge on any atom is -0.385 e. The van der Waals surface area contributed by atoms with Crippen molar-refractivity contribution in [2.75, 3.05) is 19.6 Å². The van der Waals surface area contributed by atoms with Crippen LogP contribution in [0, 0.1) is 5.92 Å². The van der Waals surface area contributed by atoms with E-state index >= 15 is 0 Å². The Morgan fingerprint density at radius 1 is 1.26 bits per heavy atom. The van der Waals surface area contributed by atoms with Crippen molar-refractivity contribution in [1.82, 2.24) is 10.6 Å². The molecule has 0 saturated carbocycles. The van der Waals surface area contributed by atoms with Gasteiger partial charge >= 0.3 is 0 Å². The fraction of sp³-hybridized carbons (Fsp3) is 0.500. The zero-order valence-electron chi connectivity index (χ0n) is 18.7. The predicted molar refractivity (Wildman–Crippen MR) is 128 cm³/mol. The molecule has 2 aromatic rings. The summed E-state index contributed by atoms with van der Waals surface area (Å²) in [5, 5.41) is 19.3. The zero-order chi connectivity index (χ0) is 22.3. The molecule has 0 bridgehead atoms. The maximum absolute atomic E-state index is 12.2. The normalized spacial score (nSPS) is 18.4. The summed E-state index contributed by atoms with van der Waals surface area (Å²) in [5.41, 5.74) is 3.08. The minimum absolute atomic E-state index is 0.0442. The molecule has 2 aromatic carbocycles. The van der Waals surface area contributed by atoms with Crippen LogP contribution < -0.4 is 10.6 Å². The highest BCUT2D eigenvalue weighted by Crippen LogP contribution is 2.44. The van der Waals surface area contributed by atoms with Crippen LogP contribution in [0.1, 0.15) is 57.1 Å². The van der Waals surface area contributed by atoms with Gasteiger partial charge in [0.2, 0.25) is 5.91 Å². The lowest BCUT2D eigenvalue weighted by atomic mass is 9.72. The van der Waals surface area contributed by atoms with Gasteiger partial charge in [-0.15, -0.1) is 0 Å². The van der Waals surface area contributed by atoms with Gasteiger partial charge in [0.05, 0.1) is 5.60 Å². The van der Waals surface area contributed by atoms with E-state index in [0.717, 1.165) is 49.0 Å². The predicted octanol–water partition coefficient (Wildman–Crippen LogP) is 5.06. The van der Waals surface area contributed by atoms with Crippen molar-refractivity contribution in [2.24, 2.45) is 5.92 Å². The molecule has 2 unspecified atom stereocenters. The van der Waals surface area contributed by atoms with Crippen molar-refractivity contribution in [1.29, 1.82) is 0 Å². The highest BCUT2D eigenvalue weighted by Gasteiger charge is 2.40. The molecule has 2 atom stereocenters. The van der Waals surface area contributed by atoms with E-state index in [0.29, 0.717) is 30.8 Å². The number of amides is 1. The minimum atomic E-state index is -1.02. The van der Waals surface area contributed by atoms with Crippen molar-refractivity contribution in [3.05, 3.63) is 58.6 Å². The van der Waals surface area contributed by atoms with Crippen molar-refractivity contribution in [3.8, 4) is 11.1 Å². The van der Waals surface area contributed by atoms with E-state index in [1.165, 1.54) is 5.56 Å². The maximum atomic E-state index is 12.2. The number of hydrogen-bond donors (Lipinski definition) is 3. The van der Waals surface area contributed by atoms with Gasteiger partial charge in [-0.05, 0) is 61.4 Å². The smallest absolute Gasteiger partial charge is 0.219 e. The number of piperidine rings is 1. The van der Waals surface area contributed by atoms with Gasteiger partial charge in [0.1, 0.15) is 0 Å². The number of aliphatic hydroxyl groups is 1. The van der Waals surface area contributed by atoms with E-state index in [1.807, 2.05) is 25.1 Å². The second-order valence-corrected chi connectivity index (χ2v) is 8.90. The summed E-state index contributed by atoms with van der Waals surface area (Å²) in [6, 6.07) is 14.3. The number of benzene rings is 2. The molecule has 1 amide bonds. The van der Waals surface area contributed by atoms with E-state index in [1.54, 1.807) is 0 Å². The lowest BCUT2D eigenvalue weighted by Crippen LogP contribution is -2.45. The second kappa shape index (κ2) is 11.1. The summed E-state index contributed by atoms with van der Waals surface area (Å²) in [5.74, 6) is 0.136. The van der Waals surface area contributed by atoms with E-state index in [4.69, 9.17) is 11.6 Å². The molecule has 4 nitrogen and oxygen atoms in total. The number of hydrogen-bond acceptors (Lipinski definition) is 3. The largest absolute Gasteiger partial charge is 0.385 e. The summed E-state index contributed by atoms with van der Waals surface area (Å²) in [4.78, 5) is 11.7. The van der Waals surface area contributed by atoms with Crippen LogP contribution in [0.5, 0.6) is 0 Å². The fourth-order valence-electron chi connectivity index (χ4n) is 4.65. The molecule has 168 valence electrons. The third-order valence-electron chi connectivity index (χ3n) is 6.45. The molecule has 0 radical (unpaired) electrons. The number of rotatable bonds is 9.